The largest absolute Gasteiger partial charge is 0.408 e. The van der Waals surface area contributed by atoms with Gasteiger partial charge in [-0.1, -0.05) is 0 Å². The number of alkyl halides is 5. The lowest BCUT2D eigenvalue weighted by atomic mass is 9.81. The van der Waals surface area contributed by atoms with Crippen LogP contribution in [0.4, 0.5) is 22.0 Å². The SMILES string of the molecule is N[C@H](c1cn2ncc(C3CC34C[C@@H](C(F)(F)F)NC4=O)cc2n1)C1CCC(F)(F)CC1. The highest BCUT2D eigenvalue weighted by Crippen LogP contribution is 2.65. The average Bonchev–Trinajstić information content (AvgIpc) is 3.09. The Morgan fingerprint density at radius 2 is 1.94 bits per heavy atom. The highest BCUT2D eigenvalue weighted by molar-refractivity contribution is 5.90. The van der Waals surface area contributed by atoms with E-state index in [4.69, 9.17) is 5.73 Å². The van der Waals surface area contributed by atoms with Crippen molar-refractivity contribution in [2.24, 2.45) is 17.1 Å². The summed E-state index contributed by atoms with van der Waals surface area (Å²) in [5.74, 6) is -3.65. The molecular weight excluding hydrogens is 421 g/mol. The zero-order chi connectivity index (χ0) is 22.2. The lowest BCUT2D eigenvalue weighted by Gasteiger charge is -2.31. The van der Waals surface area contributed by atoms with E-state index in [1.165, 1.54) is 4.52 Å². The maximum Gasteiger partial charge on any atom is 0.408 e. The number of fused-ring (bicyclic) bond motifs is 1. The van der Waals surface area contributed by atoms with Gasteiger partial charge >= 0.3 is 6.18 Å². The predicted molar refractivity (Wildman–Crippen MR) is 99.2 cm³/mol. The summed E-state index contributed by atoms with van der Waals surface area (Å²) in [5, 5.41) is 6.36. The molecule has 2 aliphatic carbocycles. The Morgan fingerprint density at radius 3 is 2.58 bits per heavy atom. The van der Waals surface area contributed by atoms with Crippen molar-refractivity contribution >= 4 is 11.6 Å². The van der Waals surface area contributed by atoms with Gasteiger partial charge in [0.05, 0.1) is 29.5 Å². The number of nitrogens with zero attached hydrogens (tertiary/aromatic N) is 3. The molecule has 31 heavy (non-hydrogen) atoms. The second-order valence-corrected chi connectivity index (χ2v) is 9.16. The zero-order valence-corrected chi connectivity index (χ0v) is 16.5. The molecule has 3 heterocycles. The highest BCUT2D eigenvalue weighted by atomic mass is 19.4. The zero-order valence-electron chi connectivity index (χ0n) is 16.5. The van der Waals surface area contributed by atoms with Gasteiger partial charge in [0.2, 0.25) is 11.8 Å². The summed E-state index contributed by atoms with van der Waals surface area (Å²) in [7, 11) is 0. The molecule has 6 nitrogen and oxygen atoms in total. The van der Waals surface area contributed by atoms with Crippen LogP contribution in [-0.4, -0.2) is 38.6 Å². The van der Waals surface area contributed by atoms with Gasteiger partial charge in [-0.15, -0.1) is 0 Å². The van der Waals surface area contributed by atoms with Crippen LogP contribution in [0.15, 0.2) is 18.5 Å². The molecule has 3 aliphatic rings. The smallest absolute Gasteiger partial charge is 0.344 e. The third-order valence-corrected chi connectivity index (χ3v) is 7.17. The molecule has 1 amide bonds. The third kappa shape index (κ3) is 3.46. The molecule has 3 N–H and O–H groups in total. The van der Waals surface area contributed by atoms with Crippen molar-refractivity contribution in [3.8, 4) is 0 Å². The minimum atomic E-state index is -4.47. The second-order valence-electron chi connectivity index (χ2n) is 9.16. The molecule has 4 atom stereocenters. The summed E-state index contributed by atoms with van der Waals surface area (Å²) in [6.07, 6.45) is -0.945. The van der Waals surface area contributed by atoms with Gasteiger partial charge in [0, 0.05) is 18.8 Å². The summed E-state index contributed by atoms with van der Waals surface area (Å²) in [5.41, 5.74) is 6.92. The fraction of sp³-hybridized carbons (Fsp3) is 0.650. The van der Waals surface area contributed by atoms with Gasteiger partial charge in [0.1, 0.15) is 6.04 Å². The van der Waals surface area contributed by atoms with Crippen LogP contribution in [0.25, 0.3) is 5.65 Å². The molecule has 0 bridgehead atoms. The van der Waals surface area contributed by atoms with E-state index >= 15 is 0 Å². The van der Waals surface area contributed by atoms with Gasteiger partial charge in [-0.3, -0.25) is 4.79 Å². The van der Waals surface area contributed by atoms with Crippen LogP contribution < -0.4 is 11.1 Å². The number of nitrogens with one attached hydrogen (secondary N) is 1. The van der Waals surface area contributed by atoms with Crippen molar-refractivity contribution in [2.75, 3.05) is 0 Å². The normalized spacial score (nSPS) is 31.9. The maximum absolute atomic E-state index is 13.4. The summed E-state index contributed by atoms with van der Waals surface area (Å²) >= 11 is 0. The minimum Gasteiger partial charge on any atom is -0.344 e. The first-order valence-electron chi connectivity index (χ1n) is 10.3. The average molecular weight is 443 g/mol. The van der Waals surface area contributed by atoms with E-state index in [-0.39, 0.29) is 31.1 Å². The van der Waals surface area contributed by atoms with E-state index in [0.29, 0.717) is 36.2 Å². The molecule has 2 unspecified atom stereocenters. The molecule has 11 heteroatoms. The van der Waals surface area contributed by atoms with Crippen molar-refractivity contribution in [1.82, 2.24) is 19.9 Å². The summed E-state index contributed by atoms with van der Waals surface area (Å²) in [4.78, 5) is 16.7. The molecule has 1 saturated heterocycles. The van der Waals surface area contributed by atoms with Crippen molar-refractivity contribution < 1.29 is 26.7 Å². The number of hydrogen-bond donors (Lipinski definition) is 2. The van der Waals surface area contributed by atoms with E-state index in [9.17, 15) is 26.7 Å². The first kappa shape index (κ1) is 20.6. The van der Waals surface area contributed by atoms with Crippen LogP contribution in [0.5, 0.6) is 0 Å². The number of imidazole rings is 1. The van der Waals surface area contributed by atoms with Crippen molar-refractivity contribution in [1.29, 1.82) is 0 Å². The molecule has 3 fully saturated rings. The quantitative estimate of drug-likeness (QED) is 0.712. The second kappa shape index (κ2) is 6.60. The molecule has 2 saturated carbocycles. The standard InChI is InChI=1S/C20H22F5N5O/c21-19(22)3-1-10(2-4-19)16(26)13-9-30-15(28-13)5-11(8-27-30)12-6-18(12)7-14(20(23,24)25)29-17(18)31/h5,8-10,12,14,16H,1-4,6-7,26H2,(H,29,31)/t12?,14-,16-,18?/m0/s1. The molecule has 0 aromatic carbocycles. The third-order valence-electron chi connectivity index (χ3n) is 7.17. The van der Waals surface area contributed by atoms with Crippen LogP contribution in [0.3, 0.4) is 0 Å². The lowest BCUT2D eigenvalue weighted by molar-refractivity contribution is -0.155. The number of aromatic nitrogens is 3. The number of halogens is 5. The van der Waals surface area contributed by atoms with Crippen LogP contribution in [0.1, 0.15) is 61.7 Å². The first-order chi connectivity index (χ1) is 14.5. The number of hydrogen-bond acceptors (Lipinski definition) is 4. The number of carbonyl (C=O) groups excluding carboxylic acids is 1. The topological polar surface area (TPSA) is 85.3 Å². The Bertz CT molecular complexity index is 1030. The van der Waals surface area contributed by atoms with Crippen LogP contribution in [-0.2, 0) is 4.79 Å². The Hall–Kier alpha value is -2.30. The minimum absolute atomic E-state index is 0.0998. The van der Waals surface area contributed by atoms with Crippen molar-refractivity contribution in [3.63, 3.8) is 0 Å². The van der Waals surface area contributed by atoms with E-state index in [1.807, 2.05) is 0 Å². The molecule has 0 radical (unpaired) electrons. The molecule has 1 spiro atoms. The van der Waals surface area contributed by atoms with Gasteiger partial charge in [0.15, 0.2) is 5.65 Å². The molecular formula is C20H22F5N5O. The lowest BCUT2D eigenvalue weighted by Crippen LogP contribution is -2.38. The molecule has 2 aromatic heterocycles. The molecule has 1 aliphatic heterocycles. The summed E-state index contributed by atoms with van der Waals surface area (Å²) < 4.78 is 67.4. The predicted octanol–water partition coefficient (Wildman–Crippen LogP) is 3.48. The molecule has 168 valence electrons. The van der Waals surface area contributed by atoms with E-state index < -0.39 is 35.5 Å². The van der Waals surface area contributed by atoms with E-state index in [1.54, 1.807) is 18.5 Å². The number of carbonyl (C=O) groups is 1. The van der Waals surface area contributed by atoms with Gasteiger partial charge in [-0.05, 0) is 43.2 Å². The van der Waals surface area contributed by atoms with Gasteiger partial charge < -0.3 is 11.1 Å². The Balaban J connectivity index is 1.34. The number of rotatable bonds is 3. The van der Waals surface area contributed by atoms with E-state index in [0.717, 1.165) is 0 Å². The Kier molecular flexibility index (Phi) is 4.38. The molecule has 5 rings (SSSR count). The van der Waals surface area contributed by atoms with Crippen LogP contribution in [0, 0.1) is 11.3 Å². The number of amides is 1. The van der Waals surface area contributed by atoms with Gasteiger partial charge in [-0.25, -0.2) is 18.3 Å². The fourth-order valence-electron chi connectivity index (χ4n) is 5.15. The highest BCUT2D eigenvalue weighted by Gasteiger charge is 2.68. The molecule has 2 aromatic rings. The van der Waals surface area contributed by atoms with Crippen LogP contribution in [0.2, 0.25) is 0 Å². The van der Waals surface area contributed by atoms with Gasteiger partial charge in [0.25, 0.3) is 0 Å². The fourth-order valence-corrected chi connectivity index (χ4v) is 5.15. The van der Waals surface area contributed by atoms with E-state index in [2.05, 4.69) is 15.4 Å². The van der Waals surface area contributed by atoms with Gasteiger partial charge in [-0.2, -0.15) is 18.3 Å². The van der Waals surface area contributed by atoms with Crippen molar-refractivity contribution in [2.45, 2.75) is 68.6 Å². The van der Waals surface area contributed by atoms with Crippen LogP contribution >= 0.6 is 0 Å². The first-order valence-corrected chi connectivity index (χ1v) is 10.3. The summed E-state index contributed by atoms with van der Waals surface area (Å²) in [6.45, 7) is 0. The number of nitrogens with two attached hydrogens (primary N) is 1. The maximum atomic E-state index is 13.4. The summed E-state index contributed by atoms with van der Waals surface area (Å²) in [6, 6.07) is -0.603. The Labute approximate surface area is 174 Å². The Morgan fingerprint density at radius 1 is 1.23 bits per heavy atom. The monoisotopic (exact) mass is 443 g/mol. The van der Waals surface area contributed by atoms with Crippen molar-refractivity contribution in [3.05, 3.63) is 29.7 Å².